The molecule has 1 aromatic carbocycles. The highest BCUT2D eigenvalue weighted by Gasteiger charge is 2.16. The molecule has 0 saturated heterocycles. The summed E-state index contributed by atoms with van der Waals surface area (Å²) in [6, 6.07) is 7.49. The summed E-state index contributed by atoms with van der Waals surface area (Å²) in [6.45, 7) is 0. The van der Waals surface area contributed by atoms with Crippen LogP contribution in [0, 0.1) is 5.82 Å². The van der Waals surface area contributed by atoms with E-state index >= 15 is 0 Å². The molecule has 9 heteroatoms. The Balaban J connectivity index is 1.89. The summed E-state index contributed by atoms with van der Waals surface area (Å²) < 4.78 is 14.4. The first-order chi connectivity index (χ1) is 13.4. The van der Waals surface area contributed by atoms with Gasteiger partial charge < -0.3 is 15.2 Å². The molecule has 4 rings (SSSR count). The van der Waals surface area contributed by atoms with E-state index in [1.807, 2.05) is 0 Å². The van der Waals surface area contributed by atoms with Crippen LogP contribution in [0.25, 0.3) is 22.2 Å². The van der Waals surface area contributed by atoms with Crippen LogP contribution in [0.1, 0.15) is 0 Å². The van der Waals surface area contributed by atoms with E-state index in [1.165, 1.54) is 18.2 Å². The van der Waals surface area contributed by atoms with Crippen molar-refractivity contribution in [2.75, 3.05) is 24.3 Å². The Labute approximate surface area is 164 Å². The molecule has 0 aliphatic carbocycles. The van der Waals surface area contributed by atoms with Gasteiger partial charge in [0.25, 0.3) is 5.56 Å². The van der Waals surface area contributed by atoms with Gasteiger partial charge in [0.15, 0.2) is 0 Å². The van der Waals surface area contributed by atoms with E-state index in [1.54, 1.807) is 43.5 Å². The Morgan fingerprint density at radius 2 is 1.96 bits per heavy atom. The molecule has 0 amide bonds. The number of aromatic amines is 2. The zero-order chi connectivity index (χ0) is 19.8. The maximum atomic E-state index is 14.4. The average molecular weight is 399 g/mol. The van der Waals surface area contributed by atoms with Gasteiger partial charge in [-0.1, -0.05) is 11.6 Å². The lowest BCUT2D eigenvalue weighted by Gasteiger charge is -2.19. The molecule has 0 bridgehead atoms. The molecule has 4 aromatic rings. The first kappa shape index (κ1) is 18.0. The summed E-state index contributed by atoms with van der Waals surface area (Å²) in [4.78, 5) is 21.4. The minimum absolute atomic E-state index is 0.128. The Morgan fingerprint density at radius 3 is 2.75 bits per heavy atom. The zero-order valence-electron chi connectivity index (χ0n) is 15.0. The lowest BCUT2D eigenvalue weighted by molar-refractivity contribution is 0.631. The van der Waals surface area contributed by atoms with E-state index in [2.05, 4.69) is 25.5 Å². The number of rotatable bonds is 4. The van der Waals surface area contributed by atoms with Gasteiger partial charge in [0.2, 0.25) is 0 Å². The highest BCUT2D eigenvalue weighted by Crippen LogP contribution is 2.32. The lowest BCUT2D eigenvalue weighted by atomic mass is 10.1. The molecule has 0 aliphatic rings. The molecule has 3 N–H and O–H groups in total. The van der Waals surface area contributed by atoms with Gasteiger partial charge in [-0.25, -0.2) is 4.39 Å². The van der Waals surface area contributed by atoms with Gasteiger partial charge in [-0.3, -0.25) is 14.9 Å². The highest BCUT2D eigenvalue weighted by molar-refractivity contribution is 6.30. The third-order valence-corrected chi connectivity index (χ3v) is 4.53. The number of nitrogens with zero attached hydrogens (tertiary/aromatic N) is 3. The Bertz CT molecular complexity index is 1230. The van der Waals surface area contributed by atoms with Gasteiger partial charge in [-0.2, -0.15) is 5.10 Å². The molecule has 3 heterocycles. The Kier molecular flexibility index (Phi) is 4.48. The summed E-state index contributed by atoms with van der Waals surface area (Å²) in [6.07, 6.45) is 3.27. The summed E-state index contributed by atoms with van der Waals surface area (Å²) in [5, 5.41) is 10.5. The van der Waals surface area contributed by atoms with Crippen molar-refractivity contribution in [2.24, 2.45) is 0 Å². The van der Waals surface area contributed by atoms with Crippen LogP contribution in [0.15, 0.2) is 47.5 Å². The number of anilines is 3. The van der Waals surface area contributed by atoms with E-state index in [0.29, 0.717) is 27.6 Å². The van der Waals surface area contributed by atoms with Gasteiger partial charge >= 0.3 is 0 Å². The molecule has 0 spiro atoms. The smallest absolute Gasteiger partial charge is 0.257 e. The average Bonchev–Trinajstić information content (AvgIpc) is 3.14. The minimum atomic E-state index is -0.529. The molecule has 0 aliphatic heterocycles. The number of hydrogen-bond acceptors (Lipinski definition) is 5. The third kappa shape index (κ3) is 3.18. The molecular weight excluding hydrogens is 383 g/mol. The van der Waals surface area contributed by atoms with Crippen molar-refractivity contribution < 1.29 is 4.39 Å². The van der Waals surface area contributed by atoms with Crippen LogP contribution in [-0.4, -0.2) is 34.3 Å². The van der Waals surface area contributed by atoms with E-state index < -0.39 is 11.4 Å². The second kappa shape index (κ2) is 6.97. The Hall–Kier alpha value is -3.39. The fourth-order valence-electron chi connectivity index (χ4n) is 2.97. The van der Waals surface area contributed by atoms with Crippen LogP contribution in [-0.2, 0) is 0 Å². The standard InChI is InChI=1S/C19H16ClFN6O/c1-27(2)18-15(24-14-5-6-22-16-9-23-26-17(14)16)8-12(19(28)25-18)11-7-10(20)3-4-13(11)21/h3-9H,1-2H3,(H,22,24)(H,23,26)(H,25,28). The lowest BCUT2D eigenvalue weighted by Crippen LogP contribution is -2.20. The maximum Gasteiger partial charge on any atom is 0.257 e. The largest absolute Gasteiger partial charge is 0.362 e. The summed E-state index contributed by atoms with van der Waals surface area (Å²) in [5.41, 5.74) is 2.59. The van der Waals surface area contributed by atoms with Crippen molar-refractivity contribution in [3.05, 3.63) is 63.9 Å². The van der Waals surface area contributed by atoms with Crippen molar-refractivity contribution in [1.82, 2.24) is 20.2 Å². The zero-order valence-corrected chi connectivity index (χ0v) is 15.8. The third-order valence-electron chi connectivity index (χ3n) is 4.30. The highest BCUT2D eigenvalue weighted by atomic mass is 35.5. The van der Waals surface area contributed by atoms with E-state index in [0.717, 1.165) is 5.69 Å². The number of pyridine rings is 2. The van der Waals surface area contributed by atoms with Gasteiger partial charge in [0, 0.05) is 30.9 Å². The van der Waals surface area contributed by atoms with E-state index in [4.69, 9.17) is 11.6 Å². The summed E-state index contributed by atoms with van der Waals surface area (Å²) >= 11 is 6.00. The number of nitrogens with one attached hydrogen (secondary N) is 3. The minimum Gasteiger partial charge on any atom is -0.362 e. The fourth-order valence-corrected chi connectivity index (χ4v) is 3.15. The Morgan fingerprint density at radius 1 is 1.14 bits per heavy atom. The monoisotopic (exact) mass is 398 g/mol. The molecular formula is C19H16ClFN6O. The number of aromatic nitrogens is 4. The van der Waals surface area contributed by atoms with E-state index in [9.17, 15) is 9.18 Å². The second-order valence-electron chi connectivity index (χ2n) is 6.41. The normalized spacial score (nSPS) is 11.0. The van der Waals surface area contributed by atoms with Crippen molar-refractivity contribution >= 4 is 39.8 Å². The van der Waals surface area contributed by atoms with Gasteiger partial charge in [0.05, 0.1) is 23.1 Å². The van der Waals surface area contributed by atoms with Crippen molar-refractivity contribution in [3.8, 4) is 11.1 Å². The number of halogens is 2. The van der Waals surface area contributed by atoms with Crippen molar-refractivity contribution in [1.29, 1.82) is 0 Å². The van der Waals surface area contributed by atoms with Crippen LogP contribution in [0.4, 0.5) is 21.6 Å². The first-order valence-corrected chi connectivity index (χ1v) is 8.77. The van der Waals surface area contributed by atoms with Crippen LogP contribution in [0.5, 0.6) is 0 Å². The fraction of sp³-hybridized carbons (Fsp3) is 0.105. The topological polar surface area (TPSA) is 89.7 Å². The first-order valence-electron chi connectivity index (χ1n) is 8.39. The van der Waals surface area contributed by atoms with Crippen LogP contribution >= 0.6 is 11.6 Å². The van der Waals surface area contributed by atoms with E-state index in [-0.39, 0.29) is 11.1 Å². The van der Waals surface area contributed by atoms with Crippen LogP contribution in [0.3, 0.4) is 0 Å². The number of H-pyrrole nitrogens is 2. The second-order valence-corrected chi connectivity index (χ2v) is 6.84. The van der Waals surface area contributed by atoms with Gasteiger partial charge in [-0.05, 0) is 30.3 Å². The van der Waals surface area contributed by atoms with Crippen LogP contribution < -0.4 is 15.8 Å². The molecule has 0 atom stereocenters. The SMILES string of the molecule is CN(C)c1[nH]c(=O)c(-c2cc(Cl)ccc2F)cc1Nc1ccnc2cn[nH]c12. The van der Waals surface area contributed by atoms with Crippen molar-refractivity contribution in [2.45, 2.75) is 0 Å². The molecule has 142 valence electrons. The predicted octanol–water partition coefficient (Wildman–Crippen LogP) is 3.92. The maximum absolute atomic E-state index is 14.4. The number of benzene rings is 1. The predicted molar refractivity (Wildman–Crippen MR) is 109 cm³/mol. The quantitative estimate of drug-likeness (QED) is 0.485. The van der Waals surface area contributed by atoms with Gasteiger partial charge in [-0.15, -0.1) is 0 Å². The number of fused-ring (bicyclic) bond motifs is 1. The molecule has 0 radical (unpaired) electrons. The van der Waals surface area contributed by atoms with Crippen molar-refractivity contribution in [3.63, 3.8) is 0 Å². The molecule has 0 fully saturated rings. The van der Waals surface area contributed by atoms with Gasteiger partial charge in [0.1, 0.15) is 22.7 Å². The molecule has 0 saturated carbocycles. The molecule has 7 nitrogen and oxygen atoms in total. The van der Waals surface area contributed by atoms with Crippen LogP contribution in [0.2, 0.25) is 5.02 Å². The number of hydrogen-bond donors (Lipinski definition) is 3. The molecule has 3 aromatic heterocycles. The summed E-state index contributed by atoms with van der Waals surface area (Å²) in [5.74, 6) is 0.0130. The summed E-state index contributed by atoms with van der Waals surface area (Å²) in [7, 11) is 3.60. The molecule has 0 unspecified atom stereocenters. The molecule has 28 heavy (non-hydrogen) atoms.